The zero-order valence-corrected chi connectivity index (χ0v) is 5.29. The Labute approximate surface area is 57.7 Å². The Bertz CT molecular complexity index is 351. The third-order valence-electron chi connectivity index (χ3n) is 1.49. The quantitative estimate of drug-likeness (QED) is 0.521. The summed E-state index contributed by atoms with van der Waals surface area (Å²) in [6.07, 6.45) is 3.58. The summed E-state index contributed by atoms with van der Waals surface area (Å²) in [6.45, 7) is 0. The summed E-state index contributed by atoms with van der Waals surface area (Å²) in [5.74, 6) is -0.189. The van der Waals surface area contributed by atoms with Gasteiger partial charge >= 0.3 is 0 Å². The highest BCUT2D eigenvalue weighted by Crippen LogP contribution is 2.05. The first-order valence-electron chi connectivity index (χ1n) is 3.08. The van der Waals surface area contributed by atoms with Crippen LogP contribution in [-0.2, 0) is 0 Å². The van der Waals surface area contributed by atoms with Crippen molar-refractivity contribution in [3.8, 4) is 0 Å². The van der Waals surface area contributed by atoms with Gasteiger partial charge in [0, 0.05) is 17.9 Å². The van der Waals surface area contributed by atoms with Gasteiger partial charge in [0.05, 0.1) is 0 Å². The van der Waals surface area contributed by atoms with Crippen molar-refractivity contribution in [3.05, 3.63) is 42.5 Å². The Morgan fingerprint density at radius 1 is 1.20 bits per heavy atom. The van der Waals surface area contributed by atoms with Crippen LogP contribution in [0.15, 0.2) is 36.7 Å². The second kappa shape index (κ2) is 1.84. The van der Waals surface area contributed by atoms with E-state index >= 15 is 0 Å². The highest BCUT2D eigenvalue weighted by molar-refractivity contribution is 5.47. The maximum absolute atomic E-state index is 12.5. The van der Waals surface area contributed by atoms with Crippen LogP contribution in [0.3, 0.4) is 0 Å². The molecule has 0 fully saturated rings. The fourth-order valence-electron chi connectivity index (χ4n) is 1.01. The molecule has 0 N–H and O–H groups in total. The maximum atomic E-state index is 12.5. The van der Waals surface area contributed by atoms with Gasteiger partial charge in [-0.15, -0.1) is 0 Å². The summed E-state index contributed by atoms with van der Waals surface area (Å²) >= 11 is 0. The van der Waals surface area contributed by atoms with Crippen molar-refractivity contribution in [2.45, 2.75) is 0 Å². The van der Waals surface area contributed by atoms with E-state index in [1.807, 2.05) is 22.7 Å². The molecule has 0 aliphatic heterocycles. The number of fused-ring (bicyclic) bond motifs is 1. The zero-order chi connectivity index (χ0) is 6.97. The molecule has 2 aromatic rings. The van der Waals surface area contributed by atoms with Crippen LogP contribution < -0.4 is 0 Å². The monoisotopic (exact) mass is 135 g/mol. The van der Waals surface area contributed by atoms with E-state index in [9.17, 15) is 4.39 Å². The van der Waals surface area contributed by atoms with Gasteiger partial charge in [-0.05, 0) is 24.3 Å². The van der Waals surface area contributed by atoms with Gasteiger partial charge in [-0.25, -0.2) is 4.39 Å². The molecule has 2 rings (SSSR count). The molecule has 2 heterocycles. The predicted octanol–water partition coefficient (Wildman–Crippen LogP) is 2.08. The van der Waals surface area contributed by atoms with Crippen LogP contribution in [0.4, 0.5) is 4.39 Å². The van der Waals surface area contributed by atoms with Gasteiger partial charge in [0.2, 0.25) is 0 Å². The molecule has 1 nitrogen and oxygen atoms in total. The van der Waals surface area contributed by atoms with E-state index in [4.69, 9.17) is 0 Å². The molecule has 0 spiro atoms. The molecule has 0 saturated heterocycles. The fraction of sp³-hybridized carbons (Fsp3) is 0. The van der Waals surface area contributed by atoms with Crippen LogP contribution in [0.1, 0.15) is 0 Å². The Morgan fingerprint density at radius 2 is 2.10 bits per heavy atom. The first-order valence-corrected chi connectivity index (χ1v) is 3.08. The van der Waals surface area contributed by atoms with Crippen molar-refractivity contribution in [1.29, 1.82) is 0 Å². The molecule has 0 radical (unpaired) electrons. The minimum atomic E-state index is -0.189. The molecular formula is C8H6FN. The summed E-state index contributed by atoms with van der Waals surface area (Å²) in [7, 11) is 0. The van der Waals surface area contributed by atoms with Gasteiger partial charge in [0.15, 0.2) is 0 Å². The summed E-state index contributed by atoms with van der Waals surface area (Å²) in [4.78, 5) is 0. The first-order chi connectivity index (χ1) is 4.86. The van der Waals surface area contributed by atoms with Crippen LogP contribution in [0.2, 0.25) is 0 Å². The van der Waals surface area contributed by atoms with Crippen molar-refractivity contribution in [1.82, 2.24) is 4.40 Å². The second-order valence-electron chi connectivity index (χ2n) is 2.19. The average molecular weight is 135 g/mol. The summed E-state index contributed by atoms with van der Waals surface area (Å²) in [5, 5.41) is 0. The van der Waals surface area contributed by atoms with E-state index in [1.54, 1.807) is 6.20 Å². The van der Waals surface area contributed by atoms with E-state index in [1.165, 1.54) is 12.1 Å². The van der Waals surface area contributed by atoms with Gasteiger partial charge in [0.25, 0.3) is 0 Å². The lowest BCUT2D eigenvalue weighted by Gasteiger charge is -1.91. The lowest BCUT2D eigenvalue weighted by molar-refractivity contribution is 0.627. The third-order valence-corrected chi connectivity index (χ3v) is 1.49. The minimum Gasteiger partial charge on any atom is -0.324 e. The molecule has 10 heavy (non-hydrogen) atoms. The third kappa shape index (κ3) is 0.692. The SMILES string of the molecule is Fc1ccn2cccc2c1. The molecule has 2 heteroatoms. The van der Waals surface area contributed by atoms with Gasteiger partial charge in [-0.2, -0.15) is 0 Å². The number of hydrogen-bond donors (Lipinski definition) is 0. The highest BCUT2D eigenvalue weighted by Gasteiger charge is 1.91. The molecule has 0 atom stereocenters. The van der Waals surface area contributed by atoms with E-state index in [0.29, 0.717) is 0 Å². The van der Waals surface area contributed by atoms with Crippen molar-refractivity contribution in [2.75, 3.05) is 0 Å². The van der Waals surface area contributed by atoms with Gasteiger partial charge in [-0.1, -0.05) is 0 Å². The molecule has 0 aromatic carbocycles. The number of rotatable bonds is 0. The van der Waals surface area contributed by atoms with Crippen molar-refractivity contribution >= 4 is 5.52 Å². The summed E-state index contributed by atoms with van der Waals surface area (Å²) < 4.78 is 14.4. The van der Waals surface area contributed by atoms with E-state index in [-0.39, 0.29) is 5.82 Å². The first kappa shape index (κ1) is 5.47. The average Bonchev–Trinajstić information content (AvgIpc) is 2.33. The highest BCUT2D eigenvalue weighted by atomic mass is 19.1. The molecule has 0 bridgehead atoms. The molecule has 0 amide bonds. The molecule has 2 aromatic heterocycles. The van der Waals surface area contributed by atoms with Crippen LogP contribution in [0, 0.1) is 5.82 Å². The smallest absolute Gasteiger partial charge is 0.126 e. The lowest BCUT2D eigenvalue weighted by Crippen LogP contribution is -1.80. The maximum Gasteiger partial charge on any atom is 0.126 e. The Kier molecular flexibility index (Phi) is 1.01. The summed E-state index contributed by atoms with van der Waals surface area (Å²) in [6, 6.07) is 6.69. The minimum absolute atomic E-state index is 0.189. The van der Waals surface area contributed by atoms with Gasteiger partial charge < -0.3 is 4.40 Å². The van der Waals surface area contributed by atoms with Crippen LogP contribution in [-0.4, -0.2) is 4.40 Å². The summed E-state index contributed by atoms with van der Waals surface area (Å²) in [5.41, 5.74) is 0.889. The number of pyridine rings is 1. The standard InChI is InChI=1S/C8H6FN/c9-7-3-5-10-4-1-2-8(10)6-7/h1-6H. The number of aromatic nitrogens is 1. The fourth-order valence-corrected chi connectivity index (χ4v) is 1.01. The molecule has 0 saturated carbocycles. The Balaban J connectivity index is 2.86. The normalized spacial score (nSPS) is 10.5. The molecule has 50 valence electrons. The number of hydrogen-bond acceptors (Lipinski definition) is 0. The second-order valence-corrected chi connectivity index (χ2v) is 2.19. The molecule has 0 unspecified atom stereocenters. The van der Waals surface area contributed by atoms with E-state index < -0.39 is 0 Å². The topological polar surface area (TPSA) is 4.41 Å². The van der Waals surface area contributed by atoms with Crippen molar-refractivity contribution in [3.63, 3.8) is 0 Å². The van der Waals surface area contributed by atoms with Crippen LogP contribution in [0.25, 0.3) is 5.52 Å². The Hall–Kier alpha value is -1.31. The van der Waals surface area contributed by atoms with E-state index in [2.05, 4.69) is 0 Å². The largest absolute Gasteiger partial charge is 0.324 e. The molecule has 0 aliphatic rings. The van der Waals surface area contributed by atoms with E-state index in [0.717, 1.165) is 5.52 Å². The van der Waals surface area contributed by atoms with Crippen molar-refractivity contribution in [2.24, 2.45) is 0 Å². The van der Waals surface area contributed by atoms with Gasteiger partial charge in [-0.3, -0.25) is 0 Å². The predicted molar refractivity (Wildman–Crippen MR) is 37.4 cm³/mol. The zero-order valence-electron chi connectivity index (χ0n) is 5.29. The Morgan fingerprint density at radius 3 is 3.00 bits per heavy atom. The number of nitrogens with zero attached hydrogens (tertiary/aromatic N) is 1. The number of halogens is 1. The van der Waals surface area contributed by atoms with Crippen LogP contribution in [0.5, 0.6) is 0 Å². The molecule has 0 aliphatic carbocycles. The van der Waals surface area contributed by atoms with Crippen LogP contribution >= 0.6 is 0 Å². The van der Waals surface area contributed by atoms with Gasteiger partial charge in [0.1, 0.15) is 5.82 Å². The lowest BCUT2D eigenvalue weighted by atomic mass is 10.4. The van der Waals surface area contributed by atoms with Crippen molar-refractivity contribution < 1.29 is 4.39 Å². The molecular weight excluding hydrogens is 129 g/mol.